The quantitative estimate of drug-likeness (QED) is 0.897. The van der Waals surface area contributed by atoms with E-state index in [0.717, 1.165) is 45.3 Å². The summed E-state index contributed by atoms with van der Waals surface area (Å²) in [6.45, 7) is 1.61. The van der Waals surface area contributed by atoms with E-state index in [1.54, 1.807) is 0 Å². The van der Waals surface area contributed by atoms with Gasteiger partial charge in [-0.05, 0) is 24.8 Å². The summed E-state index contributed by atoms with van der Waals surface area (Å²) < 4.78 is 30.0. The van der Waals surface area contributed by atoms with Gasteiger partial charge in [0.25, 0.3) is 0 Å². The Morgan fingerprint density at radius 1 is 1.13 bits per heavy atom. The summed E-state index contributed by atoms with van der Waals surface area (Å²) in [4.78, 5) is 0. The van der Waals surface area contributed by atoms with Gasteiger partial charge < -0.3 is 10.1 Å². The Kier molecular flexibility index (Phi) is 5.39. The lowest BCUT2D eigenvalue weighted by Gasteiger charge is -2.32. The second-order valence-electron chi connectivity index (χ2n) is 6.92. The van der Waals surface area contributed by atoms with Crippen LogP contribution in [0.25, 0.3) is 0 Å². The molecule has 0 spiro atoms. The molecule has 3 rings (SSSR count). The first-order chi connectivity index (χ1) is 11.1. The van der Waals surface area contributed by atoms with Gasteiger partial charge in [0.2, 0.25) is 0 Å². The van der Waals surface area contributed by atoms with Crippen LogP contribution in [0.5, 0.6) is 0 Å². The zero-order valence-corrected chi connectivity index (χ0v) is 14.6. The average molecular weight is 337 g/mol. The highest BCUT2D eigenvalue weighted by Crippen LogP contribution is 2.34. The van der Waals surface area contributed by atoms with Gasteiger partial charge in [-0.3, -0.25) is 0 Å². The predicted octanol–water partition coefficient (Wildman–Crippen LogP) is 2.71. The molecule has 1 saturated carbocycles. The second-order valence-corrected chi connectivity index (χ2v) is 9.18. The molecule has 1 aliphatic carbocycles. The smallest absolute Gasteiger partial charge is 0.151 e. The molecule has 0 radical (unpaired) electrons. The lowest BCUT2D eigenvalue weighted by molar-refractivity contribution is 0.0894. The van der Waals surface area contributed by atoms with E-state index in [9.17, 15) is 8.42 Å². The van der Waals surface area contributed by atoms with Crippen molar-refractivity contribution in [2.45, 2.75) is 49.5 Å². The first-order valence-corrected chi connectivity index (χ1v) is 10.6. The number of hydrogen-bond acceptors (Lipinski definition) is 4. The van der Waals surface area contributed by atoms with Crippen molar-refractivity contribution in [2.24, 2.45) is 5.92 Å². The van der Waals surface area contributed by atoms with E-state index >= 15 is 0 Å². The van der Waals surface area contributed by atoms with Crippen LogP contribution in [0.3, 0.4) is 0 Å². The summed E-state index contributed by atoms with van der Waals surface area (Å²) in [7, 11) is -2.98. The van der Waals surface area contributed by atoms with E-state index in [2.05, 4.69) is 17.4 Å². The number of benzene rings is 1. The Hall–Kier alpha value is -0.910. The topological polar surface area (TPSA) is 55.4 Å². The highest BCUT2D eigenvalue weighted by molar-refractivity contribution is 7.91. The maximum atomic E-state index is 12.0. The first-order valence-electron chi connectivity index (χ1n) is 8.64. The van der Waals surface area contributed by atoms with E-state index in [1.807, 2.05) is 18.2 Å². The van der Waals surface area contributed by atoms with Crippen LogP contribution >= 0.6 is 0 Å². The van der Waals surface area contributed by atoms with Crippen molar-refractivity contribution >= 4 is 9.84 Å². The molecule has 0 unspecified atom stereocenters. The minimum atomic E-state index is -2.98. The van der Waals surface area contributed by atoms with Gasteiger partial charge in [-0.25, -0.2) is 8.42 Å². The minimum Gasteiger partial charge on any atom is -0.373 e. The highest BCUT2D eigenvalue weighted by Gasteiger charge is 2.35. The second kappa shape index (κ2) is 7.32. The fourth-order valence-electron chi connectivity index (χ4n) is 4.00. The van der Waals surface area contributed by atoms with Crippen molar-refractivity contribution in [3.05, 3.63) is 35.9 Å². The standard InChI is InChI=1S/C18H27NO3S/c1-23(20,21)17-10-6-5-9-16(17)19-13-15-11-12-22-18(15)14-7-3-2-4-8-14/h2-4,7-8,15-19H,5-6,9-13H2,1H3/t15-,16+,17-,18-/m1/s1. The third-order valence-corrected chi connectivity index (χ3v) is 6.90. The highest BCUT2D eigenvalue weighted by atomic mass is 32.2. The molecule has 128 valence electrons. The Morgan fingerprint density at radius 3 is 2.61 bits per heavy atom. The first kappa shape index (κ1) is 16.9. The molecule has 1 aliphatic heterocycles. The van der Waals surface area contributed by atoms with Gasteiger partial charge >= 0.3 is 0 Å². The van der Waals surface area contributed by atoms with Crippen molar-refractivity contribution in [2.75, 3.05) is 19.4 Å². The third kappa shape index (κ3) is 4.14. The molecular formula is C18H27NO3S. The van der Waals surface area contributed by atoms with Gasteiger partial charge in [0.05, 0.1) is 11.4 Å². The zero-order valence-electron chi connectivity index (χ0n) is 13.8. The molecule has 5 heteroatoms. The molecule has 1 heterocycles. The number of hydrogen-bond donors (Lipinski definition) is 1. The molecular weight excluding hydrogens is 310 g/mol. The molecule has 1 aromatic carbocycles. The lowest BCUT2D eigenvalue weighted by Crippen LogP contribution is -2.47. The normalized spacial score (nSPS) is 32.0. The molecule has 23 heavy (non-hydrogen) atoms. The van der Waals surface area contributed by atoms with Crippen LogP contribution in [0.4, 0.5) is 0 Å². The van der Waals surface area contributed by atoms with Crippen LogP contribution in [-0.2, 0) is 14.6 Å². The summed E-state index contributed by atoms with van der Waals surface area (Å²) in [5.74, 6) is 0.416. The summed E-state index contributed by atoms with van der Waals surface area (Å²) in [5, 5.41) is 3.33. The molecule has 4 atom stereocenters. The van der Waals surface area contributed by atoms with E-state index in [1.165, 1.54) is 11.8 Å². The van der Waals surface area contributed by atoms with Crippen molar-refractivity contribution in [3.63, 3.8) is 0 Å². The predicted molar refractivity (Wildman–Crippen MR) is 92.1 cm³/mol. The number of sulfone groups is 1. The Bertz CT molecular complexity index is 602. The van der Waals surface area contributed by atoms with Crippen molar-refractivity contribution in [1.82, 2.24) is 5.32 Å². The molecule has 0 bridgehead atoms. The van der Waals surface area contributed by atoms with Gasteiger partial charge in [0.15, 0.2) is 9.84 Å². The summed E-state index contributed by atoms with van der Waals surface area (Å²) in [6, 6.07) is 10.4. The Labute approximate surface area is 139 Å². The zero-order chi connectivity index (χ0) is 16.3. The van der Waals surface area contributed by atoms with E-state index in [0.29, 0.717) is 5.92 Å². The number of ether oxygens (including phenoxy) is 1. The van der Waals surface area contributed by atoms with Crippen LogP contribution in [0.15, 0.2) is 30.3 Å². The summed E-state index contributed by atoms with van der Waals surface area (Å²) in [6.07, 6.45) is 6.43. The van der Waals surface area contributed by atoms with Gasteiger partial charge in [-0.15, -0.1) is 0 Å². The molecule has 0 aromatic heterocycles. The maximum Gasteiger partial charge on any atom is 0.151 e. The van der Waals surface area contributed by atoms with Crippen LogP contribution in [0.2, 0.25) is 0 Å². The number of rotatable bonds is 5. The van der Waals surface area contributed by atoms with Gasteiger partial charge in [-0.1, -0.05) is 43.2 Å². The van der Waals surface area contributed by atoms with Crippen LogP contribution in [-0.4, -0.2) is 39.1 Å². The van der Waals surface area contributed by atoms with Gasteiger partial charge in [0.1, 0.15) is 0 Å². The average Bonchev–Trinajstić information content (AvgIpc) is 3.02. The lowest BCUT2D eigenvalue weighted by atomic mass is 9.92. The van der Waals surface area contributed by atoms with E-state index in [-0.39, 0.29) is 17.4 Å². The van der Waals surface area contributed by atoms with Gasteiger partial charge in [0, 0.05) is 31.4 Å². The summed E-state index contributed by atoms with van der Waals surface area (Å²) >= 11 is 0. The number of nitrogens with one attached hydrogen (secondary N) is 1. The molecule has 2 aliphatic rings. The molecule has 1 N–H and O–H groups in total. The largest absolute Gasteiger partial charge is 0.373 e. The van der Waals surface area contributed by atoms with Crippen LogP contribution in [0.1, 0.15) is 43.8 Å². The SMILES string of the molecule is CS(=O)(=O)[C@@H]1CCCC[C@@H]1NC[C@H]1CCO[C@@H]1c1ccccc1. The Balaban J connectivity index is 1.62. The van der Waals surface area contributed by atoms with Gasteiger partial charge in [-0.2, -0.15) is 0 Å². The van der Waals surface area contributed by atoms with E-state index in [4.69, 9.17) is 4.74 Å². The van der Waals surface area contributed by atoms with Crippen molar-refractivity contribution in [3.8, 4) is 0 Å². The third-order valence-electron chi connectivity index (χ3n) is 5.24. The maximum absolute atomic E-state index is 12.0. The van der Waals surface area contributed by atoms with E-state index < -0.39 is 9.84 Å². The molecule has 4 nitrogen and oxygen atoms in total. The molecule has 1 aromatic rings. The fourth-order valence-corrected chi connectivity index (χ4v) is 5.42. The molecule has 2 fully saturated rings. The fraction of sp³-hybridized carbons (Fsp3) is 0.667. The van der Waals surface area contributed by atoms with Crippen molar-refractivity contribution in [1.29, 1.82) is 0 Å². The monoisotopic (exact) mass is 337 g/mol. The van der Waals surface area contributed by atoms with Crippen molar-refractivity contribution < 1.29 is 13.2 Å². The molecule has 1 saturated heterocycles. The minimum absolute atomic E-state index is 0.0933. The Morgan fingerprint density at radius 2 is 1.87 bits per heavy atom. The van der Waals surface area contributed by atoms with Crippen LogP contribution in [0, 0.1) is 5.92 Å². The molecule has 0 amide bonds. The van der Waals surface area contributed by atoms with Crippen LogP contribution < -0.4 is 5.32 Å². The summed E-state index contributed by atoms with van der Waals surface area (Å²) in [5.41, 5.74) is 1.22.